The topological polar surface area (TPSA) is 93.0 Å². The molecule has 38 heavy (non-hydrogen) atoms. The molecule has 9 heteroatoms. The van der Waals surface area contributed by atoms with E-state index in [1.54, 1.807) is 13.0 Å². The van der Waals surface area contributed by atoms with Crippen LogP contribution in [0.1, 0.15) is 59.4 Å². The van der Waals surface area contributed by atoms with Crippen LogP contribution in [0.4, 0.5) is 0 Å². The Balaban J connectivity index is 1.55. The van der Waals surface area contributed by atoms with E-state index in [9.17, 15) is 14.7 Å². The van der Waals surface area contributed by atoms with Crippen LogP contribution in [-0.2, 0) is 27.9 Å². The van der Waals surface area contributed by atoms with Gasteiger partial charge in [0.05, 0.1) is 43.9 Å². The lowest BCUT2D eigenvalue weighted by Gasteiger charge is -2.27. The number of fused-ring (bicyclic) bond motifs is 1. The fourth-order valence-electron chi connectivity index (χ4n) is 5.07. The number of halogens is 1. The van der Waals surface area contributed by atoms with E-state index in [2.05, 4.69) is 10.2 Å². The minimum atomic E-state index is -0.611. The fourth-order valence-corrected chi connectivity index (χ4v) is 5.28. The predicted octanol–water partition coefficient (Wildman–Crippen LogP) is 4.18. The molecule has 0 aliphatic carbocycles. The molecule has 0 radical (unpaired) electrons. The summed E-state index contributed by atoms with van der Waals surface area (Å²) < 4.78 is 12.5. The average molecular weight is 542 g/mol. The number of nitrogens with zero attached hydrogens (tertiary/aromatic N) is 2. The molecule has 2 N–H and O–H groups in total. The van der Waals surface area contributed by atoms with E-state index in [1.807, 2.05) is 54.9 Å². The van der Waals surface area contributed by atoms with Gasteiger partial charge in [0.15, 0.2) is 0 Å². The van der Waals surface area contributed by atoms with Crippen molar-refractivity contribution < 1.29 is 24.2 Å². The van der Waals surface area contributed by atoms with Gasteiger partial charge >= 0.3 is 5.97 Å². The smallest absolute Gasteiger partial charge is 0.313 e. The maximum Gasteiger partial charge on any atom is 0.313 e. The summed E-state index contributed by atoms with van der Waals surface area (Å²) in [5, 5.41) is 14.5. The number of benzene rings is 2. The van der Waals surface area contributed by atoms with Crippen LogP contribution in [0.25, 0.3) is 10.9 Å². The van der Waals surface area contributed by atoms with E-state index in [0.29, 0.717) is 37.0 Å². The third kappa shape index (κ3) is 6.04. The van der Waals surface area contributed by atoms with Crippen molar-refractivity contribution in [3.05, 3.63) is 69.9 Å². The Kier molecular flexibility index (Phi) is 9.44. The van der Waals surface area contributed by atoms with E-state index < -0.39 is 6.04 Å². The number of aryl methyl sites for hydroxylation is 1. The van der Waals surface area contributed by atoms with E-state index in [-0.39, 0.29) is 24.4 Å². The Labute approximate surface area is 228 Å². The summed E-state index contributed by atoms with van der Waals surface area (Å²) in [6.07, 6.45) is 0.621. The van der Waals surface area contributed by atoms with Gasteiger partial charge in [-0.3, -0.25) is 14.5 Å². The second kappa shape index (κ2) is 12.8. The number of nitrogens with one attached hydrogen (secondary N) is 1. The van der Waals surface area contributed by atoms with Gasteiger partial charge in [-0.25, -0.2) is 0 Å². The highest BCUT2D eigenvalue weighted by Crippen LogP contribution is 2.31. The zero-order valence-corrected chi connectivity index (χ0v) is 23.0. The van der Waals surface area contributed by atoms with Gasteiger partial charge in [-0.15, -0.1) is 0 Å². The van der Waals surface area contributed by atoms with Crippen molar-refractivity contribution in [2.75, 3.05) is 39.5 Å². The molecular weight excluding hydrogens is 506 g/mol. The highest BCUT2D eigenvalue weighted by molar-refractivity contribution is 6.35. The first-order valence-corrected chi connectivity index (χ1v) is 13.5. The number of rotatable bonds is 10. The summed E-state index contributed by atoms with van der Waals surface area (Å²) in [5.41, 5.74) is 4.06. The number of carbonyl (C=O) groups is 2. The standard InChI is InChI=1S/C29H36ClN3O5/c1-4-22(29(36)38-5-2)19-6-8-20(9-7-19)25(18-34)31-28(35)26-16-23-24(30)11-10-21(27(23)32(26)3)17-33-12-14-37-15-13-33/h6-11,16,22,25,34H,4-5,12-15,17-18H2,1-3H3,(H,31,35)/t22?,25-/m1/s1. The number of morpholine rings is 1. The molecule has 1 aliphatic heterocycles. The number of hydrogen-bond donors (Lipinski definition) is 2. The van der Waals surface area contributed by atoms with Gasteiger partial charge in [-0.1, -0.05) is 48.9 Å². The second-order valence-corrected chi connectivity index (χ2v) is 9.94. The SMILES string of the molecule is CCOC(=O)C(CC)c1ccc([C@@H](CO)NC(=O)c2cc3c(Cl)ccc(CN4CCOCC4)c3n2C)cc1. The van der Waals surface area contributed by atoms with E-state index in [1.165, 1.54) is 0 Å². The number of amides is 1. The molecule has 0 bridgehead atoms. The highest BCUT2D eigenvalue weighted by atomic mass is 35.5. The molecule has 4 rings (SSSR count). The lowest BCUT2D eigenvalue weighted by atomic mass is 9.94. The first-order chi connectivity index (χ1) is 18.4. The lowest BCUT2D eigenvalue weighted by Crippen LogP contribution is -2.35. The first-order valence-electron chi connectivity index (χ1n) is 13.1. The molecular formula is C29H36ClN3O5. The molecule has 2 heterocycles. The molecule has 0 saturated carbocycles. The van der Waals surface area contributed by atoms with Gasteiger partial charge < -0.3 is 24.5 Å². The fraction of sp³-hybridized carbons (Fsp3) is 0.448. The van der Waals surface area contributed by atoms with Crippen molar-refractivity contribution in [1.82, 2.24) is 14.8 Å². The normalized spacial score (nSPS) is 15.8. The largest absolute Gasteiger partial charge is 0.466 e. The summed E-state index contributed by atoms with van der Waals surface area (Å²) in [4.78, 5) is 28.0. The number of aliphatic hydroxyl groups is 1. The van der Waals surface area contributed by atoms with Crippen LogP contribution < -0.4 is 5.32 Å². The maximum absolute atomic E-state index is 13.4. The van der Waals surface area contributed by atoms with Gasteiger partial charge in [0.25, 0.3) is 5.91 Å². The van der Waals surface area contributed by atoms with Crippen LogP contribution in [0.2, 0.25) is 5.02 Å². The van der Waals surface area contributed by atoms with Crippen molar-refractivity contribution in [2.24, 2.45) is 7.05 Å². The third-order valence-corrected chi connectivity index (χ3v) is 7.49. The quantitative estimate of drug-likeness (QED) is 0.374. The number of hydrogen-bond acceptors (Lipinski definition) is 6. The van der Waals surface area contributed by atoms with Crippen LogP contribution in [0.15, 0.2) is 42.5 Å². The van der Waals surface area contributed by atoms with E-state index >= 15 is 0 Å². The van der Waals surface area contributed by atoms with Crippen molar-refractivity contribution in [3.8, 4) is 0 Å². The monoisotopic (exact) mass is 541 g/mol. The molecule has 1 fully saturated rings. The molecule has 2 atom stereocenters. The Morgan fingerprint density at radius 1 is 1.11 bits per heavy atom. The Morgan fingerprint density at radius 3 is 2.42 bits per heavy atom. The summed E-state index contributed by atoms with van der Waals surface area (Å²) in [6, 6.07) is 12.4. The molecule has 1 aliphatic rings. The zero-order valence-electron chi connectivity index (χ0n) is 22.2. The minimum Gasteiger partial charge on any atom is -0.466 e. The maximum atomic E-state index is 13.4. The van der Waals surface area contributed by atoms with E-state index in [4.69, 9.17) is 21.1 Å². The number of ether oxygens (including phenoxy) is 2. The van der Waals surface area contributed by atoms with E-state index in [0.717, 1.165) is 47.2 Å². The number of aliphatic hydroxyl groups excluding tert-OH is 1. The Morgan fingerprint density at radius 2 is 1.79 bits per heavy atom. The molecule has 1 aromatic heterocycles. The summed E-state index contributed by atoms with van der Waals surface area (Å²) in [5.74, 6) is -0.909. The third-order valence-electron chi connectivity index (χ3n) is 7.16. The van der Waals surface area contributed by atoms with Gasteiger partial charge in [-0.05, 0) is 42.2 Å². The first kappa shape index (κ1) is 28.1. The highest BCUT2D eigenvalue weighted by Gasteiger charge is 2.23. The Bertz CT molecular complexity index is 1270. The average Bonchev–Trinajstić information content (AvgIpc) is 3.29. The minimum absolute atomic E-state index is 0.253. The number of carbonyl (C=O) groups excluding carboxylic acids is 2. The van der Waals surface area contributed by atoms with Gasteiger partial charge in [-0.2, -0.15) is 0 Å². The Hall–Kier alpha value is -2.91. The number of aromatic nitrogens is 1. The van der Waals surface area contributed by atoms with Gasteiger partial charge in [0.1, 0.15) is 5.69 Å². The van der Waals surface area contributed by atoms with Crippen LogP contribution in [0, 0.1) is 0 Å². The molecule has 1 unspecified atom stereocenters. The molecule has 3 aromatic rings. The van der Waals surface area contributed by atoms with Gasteiger partial charge in [0.2, 0.25) is 0 Å². The summed E-state index contributed by atoms with van der Waals surface area (Å²) >= 11 is 6.53. The van der Waals surface area contributed by atoms with Crippen LogP contribution in [0.5, 0.6) is 0 Å². The van der Waals surface area contributed by atoms with Crippen LogP contribution >= 0.6 is 11.6 Å². The molecule has 204 valence electrons. The van der Waals surface area contributed by atoms with Crippen molar-refractivity contribution in [2.45, 2.75) is 38.8 Å². The van der Waals surface area contributed by atoms with Crippen molar-refractivity contribution in [3.63, 3.8) is 0 Å². The summed E-state index contributed by atoms with van der Waals surface area (Å²) in [7, 11) is 1.86. The van der Waals surface area contributed by atoms with Gasteiger partial charge in [0, 0.05) is 37.1 Å². The molecule has 2 aromatic carbocycles. The van der Waals surface area contributed by atoms with Crippen LogP contribution in [-0.4, -0.2) is 66.0 Å². The second-order valence-electron chi connectivity index (χ2n) is 9.53. The molecule has 1 amide bonds. The van der Waals surface area contributed by atoms with Crippen molar-refractivity contribution >= 4 is 34.4 Å². The predicted molar refractivity (Wildman–Crippen MR) is 147 cm³/mol. The number of esters is 1. The zero-order chi connectivity index (χ0) is 27.2. The molecule has 1 saturated heterocycles. The van der Waals surface area contributed by atoms with Crippen molar-refractivity contribution in [1.29, 1.82) is 0 Å². The molecule has 8 nitrogen and oxygen atoms in total. The molecule has 0 spiro atoms. The van der Waals surface area contributed by atoms with Crippen LogP contribution in [0.3, 0.4) is 0 Å². The summed E-state index contributed by atoms with van der Waals surface area (Å²) in [6.45, 7) is 7.67. The lowest BCUT2D eigenvalue weighted by molar-refractivity contribution is -0.145.